The Bertz CT molecular complexity index is 1090. The predicted octanol–water partition coefficient (Wildman–Crippen LogP) is 4.43. The van der Waals surface area contributed by atoms with Crippen molar-refractivity contribution in [2.45, 2.75) is 18.2 Å². The van der Waals surface area contributed by atoms with E-state index in [4.69, 9.17) is 23.2 Å². The van der Waals surface area contributed by atoms with E-state index in [0.717, 1.165) is 0 Å². The third-order valence-electron chi connectivity index (χ3n) is 4.09. The van der Waals surface area contributed by atoms with Crippen molar-refractivity contribution in [1.29, 1.82) is 0 Å². The monoisotopic (exact) mass is 475 g/mol. The Balaban J connectivity index is 1.61. The number of benzene rings is 2. The Morgan fingerprint density at radius 2 is 1.84 bits per heavy atom. The van der Waals surface area contributed by atoms with Gasteiger partial charge in [0.2, 0.25) is 5.91 Å². The van der Waals surface area contributed by atoms with Gasteiger partial charge in [0.1, 0.15) is 0 Å². The molecule has 0 bridgehead atoms. The Morgan fingerprint density at radius 3 is 2.55 bits per heavy atom. The highest BCUT2D eigenvalue weighted by Crippen LogP contribution is 2.19. The topological polar surface area (TPSA) is 88.9 Å². The number of thioether (sulfide) groups is 1. The number of hydrogen-bond donors (Lipinski definition) is 2. The van der Waals surface area contributed by atoms with Crippen LogP contribution in [0.15, 0.2) is 66.3 Å². The molecule has 1 aromatic heterocycles. The van der Waals surface area contributed by atoms with E-state index in [1.807, 2.05) is 0 Å². The minimum Gasteiger partial charge on any atom is -0.345 e. The average Bonchev–Trinajstić information content (AvgIpc) is 3.14. The van der Waals surface area contributed by atoms with Crippen LogP contribution in [0.4, 0.5) is 5.69 Å². The van der Waals surface area contributed by atoms with E-state index in [1.54, 1.807) is 59.2 Å². The van der Waals surface area contributed by atoms with Crippen molar-refractivity contribution in [3.8, 4) is 0 Å². The van der Waals surface area contributed by atoms with Crippen LogP contribution in [0.2, 0.25) is 10.0 Å². The quantitative estimate of drug-likeness (QED) is 0.352. The minimum atomic E-state index is -0.310. The minimum absolute atomic E-state index is 0.143. The predicted molar refractivity (Wildman–Crippen MR) is 124 cm³/mol. The molecular weight excluding hydrogens is 457 g/mol. The summed E-state index contributed by atoms with van der Waals surface area (Å²) in [5.41, 5.74) is 1.04. The number of nitrogens with zero attached hydrogens (tertiary/aromatic N) is 3. The number of anilines is 1. The van der Waals surface area contributed by atoms with Crippen LogP contribution in [-0.2, 0) is 17.9 Å². The maximum absolute atomic E-state index is 12.4. The van der Waals surface area contributed by atoms with E-state index in [1.165, 1.54) is 11.8 Å². The lowest BCUT2D eigenvalue weighted by molar-refractivity contribution is -0.113. The molecular formula is C21H19Cl2N5O2S. The van der Waals surface area contributed by atoms with Crippen LogP contribution < -0.4 is 10.6 Å². The molecule has 0 saturated heterocycles. The summed E-state index contributed by atoms with van der Waals surface area (Å²) in [5, 5.41) is 15.4. The summed E-state index contributed by atoms with van der Waals surface area (Å²) in [6.45, 7) is 4.34. The summed E-state index contributed by atoms with van der Waals surface area (Å²) in [5.74, 6) is 0.189. The lowest BCUT2D eigenvalue weighted by Crippen LogP contribution is -2.25. The second-order valence-electron chi connectivity index (χ2n) is 6.30. The third-order valence-corrected chi connectivity index (χ3v) is 5.64. The molecule has 0 radical (unpaired) electrons. The Kier molecular flexibility index (Phi) is 8.11. The lowest BCUT2D eigenvalue weighted by Gasteiger charge is -2.09. The fraction of sp³-hybridized carbons (Fsp3) is 0.143. The van der Waals surface area contributed by atoms with Gasteiger partial charge in [-0.05, 0) is 36.4 Å². The van der Waals surface area contributed by atoms with E-state index in [0.29, 0.717) is 38.8 Å². The van der Waals surface area contributed by atoms with E-state index >= 15 is 0 Å². The molecule has 0 spiro atoms. The fourth-order valence-corrected chi connectivity index (χ4v) is 3.74. The molecule has 31 heavy (non-hydrogen) atoms. The van der Waals surface area contributed by atoms with Gasteiger partial charge >= 0.3 is 0 Å². The highest BCUT2D eigenvalue weighted by atomic mass is 35.5. The van der Waals surface area contributed by atoms with Crippen LogP contribution in [0, 0.1) is 0 Å². The smallest absolute Gasteiger partial charge is 0.253 e. The van der Waals surface area contributed by atoms with Gasteiger partial charge in [-0.25, -0.2) is 0 Å². The van der Waals surface area contributed by atoms with Crippen LogP contribution >= 0.6 is 35.0 Å². The summed E-state index contributed by atoms with van der Waals surface area (Å²) in [6.07, 6.45) is 1.70. The van der Waals surface area contributed by atoms with E-state index in [9.17, 15) is 9.59 Å². The first-order valence-corrected chi connectivity index (χ1v) is 11.0. The van der Waals surface area contributed by atoms with Crippen LogP contribution in [0.5, 0.6) is 0 Å². The van der Waals surface area contributed by atoms with Crippen molar-refractivity contribution < 1.29 is 9.59 Å². The van der Waals surface area contributed by atoms with Crippen molar-refractivity contribution in [2.24, 2.45) is 0 Å². The molecule has 0 unspecified atom stereocenters. The zero-order chi connectivity index (χ0) is 22.2. The van der Waals surface area contributed by atoms with Crippen LogP contribution in [0.3, 0.4) is 0 Å². The Hall–Kier alpha value is -2.81. The maximum atomic E-state index is 12.4. The second-order valence-corrected chi connectivity index (χ2v) is 8.09. The summed E-state index contributed by atoms with van der Waals surface area (Å²) in [7, 11) is 0. The molecule has 3 rings (SSSR count). The lowest BCUT2D eigenvalue weighted by atomic mass is 10.2. The summed E-state index contributed by atoms with van der Waals surface area (Å²) < 4.78 is 1.79. The zero-order valence-corrected chi connectivity index (χ0v) is 18.7. The highest BCUT2D eigenvalue weighted by molar-refractivity contribution is 7.99. The number of nitrogens with one attached hydrogen (secondary N) is 2. The molecule has 0 saturated carbocycles. The largest absolute Gasteiger partial charge is 0.345 e. The van der Waals surface area contributed by atoms with Gasteiger partial charge in [0.25, 0.3) is 5.91 Å². The van der Waals surface area contributed by atoms with Gasteiger partial charge in [0, 0.05) is 17.3 Å². The van der Waals surface area contributed by atoms with Gasteiger partial charge in [-0.2, -0.15) is 0 Å². The molecule has 0 aliphatic carbocycles. The first-order chi connectivity index (χ1) is 15.0. The summed E-state index contributed by atoms with van der Waals surface area (Å²) in [6, 6.07) is 13.7. The normalized spacial score (nSPS) is 10.5. The number of allylic oxidation sites excluding steroid dienone is 1. The van der Waals surface area contributed by atoms with Gasteiger partial charge in [-0.1, -0.05) is 53.2 Å². The number of carbonyl (C=O) groups excluding carboxylic acids is 2. The molecule has 0 fully saturated rings. The van der Waals surface area contributed by atoms with Crippen LogP contribution in [0.25, 0.3) is 0 Å². The average molecular weight is 476 g/mol. The van der Waals surface area contributed by atoms with Gasteiger partial charge in [0.15, 0.2) is 11.0 Å². The summed E-state index contributed by atoms with van der Waals surface area (Å²) in [4.78, 5) is 24.6. The highest BCUT2D eigenvalue weighted by Gasteiger charge is 2.16. The van der Waals surface area contributed by atoms with Crippen LogP contribution in [-0.4, -0.2) is 32.3 Å². The summed E-state index contributed by atoms with van der Waals surface area (Å²) >= 11 is 13.2. The van der Waals surface area contributed by atoms with Crippen molar-refractivity contribution in [3.63, 3.8) is 0 Å². The van der Waals surface area contributed by atoms with Gasteiger partial charge in [-0.15, -0.1) is 16.8 Å². The standard InChI is InChI=1S/C21H19Cl2N5O2S/c1-2-11-28-18(12-24-20(30)16-5-3-4-6-17(16)23)26-27-21(28)31-13-19(29)25-15-9-7-14(22)8-10-15/h2-10H,1,11-13H2,(H,24,30)(H,25,29). The van der Waals surface area contributed by atoms with E-state index < -0.39 is 0 Å². The first-order valence-electron chi connectivity index (χ1n) is 9.22. The molecule has 2 N–H and O–H groups in total. The number of aromatic nitrogens is 3. The SMILES string of the molecule is C=CCn1c(CNC(=O)c2ccccc2Cl)nnc1SCC(=O)Nc1ccc(Cl)cc1. The van der Waals surface area contributed by atoms with E-state index in [-0.39, 0.29) is 24.1 Å². The zero-order valence-electron chi connectivity index (χ0n) is 16.3. The number of hydrogen-bond acceptors (Lipinski definition) is 5. The fourth-order valence-electron chi connectivity index (χ4n) is 2.63. The van der Waals surface area contributed by atoms with Crippen molar-refractivity contribution in [1.82, 2.24) is 20.1 Å². The number of carbonyl (C=O) groups is 2. The third kappa shape index (κ3) is 6.33. The molecule has 0 aliphatic heterocycles. The Labute approximate surface area is 193 Å². The second kappa shape index (κ2) is 11.0. The van der Waals surface area contributed by atoms with Crippen molar-refractivity contribution >= 4 is 52.5 Å². The van der Waals surface area contributed by atoms with Gasteiger partial charge in [-0.3, -0.25) is 9.59 Å². The van der Waals surface area contributed by atoms with Crippen LogP contribution in [0.1, 0.15) is 16.2 Å². The maximum Gasteiger partial charge on any atom is 0.253 e. The van der Waals surface area contributed by atoms with Crippen molar-refractivity contribution in [3.05, 3.63) is 82.6 Å². The molecule has 1 heterocycles. The molecule has 7 nitrogen and oxygen atoms in total. The molecule has 10 heteroatoms. The van der Waals surface area contributed by atoms with Gasteiger partial charge in [0.05, 0.1) is 22.9 Å². The molecule has 160 valence electrons. The molecule has 0 atom stereocenters. The first kappa shape index (κ1) is 22.9. The number of rotatable bonds is 9. The van der Waals surface area contributed by atoms with E-state index in [2.05, 4.69) is 27.4 Å². The molecule has 2 amide bonds. The number of amides is 2. The van der Waals surface area contributed by atoms with Gasteiger partial charge < -0.3 is 15.2 Å². The van der Waals surface area contributed by atoms with Crippen molar-refractivity contribution in [2.75, 3.05) is 11.1 Å². The Morgan fingerprint density at radius 1 is 1.10 bits per heavy atom. The number of halogens is 2. The molecule has 0 aliphatic rings. The molecule has 3 aromatic rings. The molecule has 2 aromatic carbocycles.